The largest absolute Gasteiger partial charge is 0.354 e. The molecule has 1 aliphatic heterocycles. The number of rotatable bonds is 6. The maximum absolute atomic E-state index is 12.2. The first kappa shape index (κ1) is 15.9. The Labute approximate surface area is 125 Å². The highest BCUT2D eigenvalue weighted by Crippen LogP contribution is 2.23. The van der Waals surface area contributed by atoms with Crippen LogP contribution in [-0.2, 0) is 21.4 Å². The predicted octanol–water partition coefficient (Wildman–Crippen LogP) is -0.0711. The molecule has 1 aromatic carbocycles. The number of hydrogen-bond donors (Lipinski definition) is 3. The second kappa shape index (κ2) is 7.02. The van der Waals surface area contributed by atoms with Crippen molar-refractivity contribution in [3.8, 4) is 0 Å². The molecule has 1 aliphatic rings. The summed E-state index contributed by atoms with van der Waals surface area (Å²) >= 11 is 0. The number of hydrogen-bond acceptors (Lipinski definition) is 4. The van der Waals surface area contributed by atoms with Gasteiger partial charge in [-0.05, 0) is 11.1 Å². The number of benzene rings is 1. The Morgan fingerprint density at radius 1 is 1.38 bits per heavy atom. The Balaban J connectivity index is 1.93. The third-order valence-corrected chi connectivity index (χ3v) is 4.92. The molecule has 1 amide bonds. The fourth-order valence-electron chi connectivity index (χ4n) is 2.45. The Hall–Kier alpha value is -1.44. The lowest BCUT2D eigenvalue weighted by Crippen LogP contribution is -2.41. The molecule has 21 heavy (non-hydrogen) atoms. The number of carbonyl (C=O) groups excluding carboxylic acids is 1. The van der Waals surface area contributed by atoms with Gasteiger partial charge in [-0.15, -0.1) is 0 Å². The van der Waals surface area contributed by atoms with E-state index in [0.717, 1.165) is 17.7 Å². The van der Waals surface area contributed by atoms with Crippen LogP contribution < -0.4 is 15.4 Å². The van der Waals surface area contributed by atoms with Crippen molar-refractivity contribution in [1.29, 1.82) is 0 Å². The lowest BCUT2D eigenvalue weighted by atomic mass is 9.90. The van der Waals surface area contributed by atoms with Gasteiger partial charge >= 0.3 is 0 Å². The van der Waals surface area contributed by atoms with Gasteiger partial charge < -0.3 is 10.6 Å². The summed E-state index contributed by atoms with van der Waals surface area (Å²) in [7, 11) is -3.30. The van der Waals surface area contributed by atoms with Gasteiger partial charge in [0, 0.05) is 26.2 Å². The van der Waals surface area contributed by atoms with Gasteiger partial charge in [0.1, 0.15) is 0 Å². The zero-order valence-electron chi connectivity index (χ0n) is 12.1. The topological polar surface area (TPSA) is 87.3 Å². The van der Waals surface area contributed by atoms with E-state index in [4.69, 9.17) is 0 Å². The van der Waals surface area contributed by atoms with Crippen molar-refractivity contribution in [2.45, 2.75) is 19.4 Å². The molecule has 1 aromatic rings. The van der Waals surface area contributed by atoms with Crippen molar-refractivity contribution < 1.29 is 13.2 Å². The van der Waals surface area contributed by atoms with Crippen LogP contribution in [0, 0.1) is 0 Å². The molecular formula is C14H21N3O3S. The van der Waals surface area contributed by atoms with Gasteiger partial charge in [-0.25, -0.2) is 13.1 Å². The summed E-state index contributed by atoms with van der Waals surface area (Å²) in [5.74, 6) is -0.507. The van der Waals surface area contributed by atoms with E-state index in [0.29, 0.717) is 13.1 Å². The first-order valence-electron chi connectivity index (χ1n) is 7.07. The van der Waals surface area contributed by atoms with Crippen LogP contribution in [0.5, 0.6) is 0 Å². The summed E-state index contributed by atoms with van der Waals surface area (Å²) in [6.07, 6.45) is 0. The van der Waals surface area contributed by atoms with Crippen LogP contribution in [0.3, 0.4) is 0 Å². The minimum Gasteiger partial charge on any atom is -0.354 e. The van der Waals surface area contributed by atoms with Crippen LogP contribution in [0.4, 0.5) is 0 Å². The second-order valence-electron chi connectivity index (χ2n) is 4.99. The lowest BCUT2D eigenvalue weighted by Gasteiger charge is -2.25. The summed E-state index contributed by atoms with van der Waals surface area (Å²) < 4.78 is 25.4. The normalized spacial score (nSPS) is 18.0. The molecule has 0 spiro atoms. The number of fused-ring (bicyclic) bond motifs is 1. The zero-order chi connectivity index (χ0) is 15.3. The fourth-order valence-corrected chi connectivity index (χ4v) is 3.41. The van der Waals surface area contributed by atoms with Gasteiger partial charge in [-0.2, -0.15) is 0 Å². The lowest BCUT2D eigenvalue weighted by molar-refractivity contribution is -0.122. The molecule has 0 saturated heterocycles. The van der Waals surface area contributed by atoms with Crippen LogP contribution in [0.2, 0.25) is 0 Å². The van der Waals surface area contributed by atoms with E-state index in [1.54, 1.807) is 6.92 Å². The number of carbonyl (C=O) groups is 1. The van der Waals surface area contributed by atoms with Crippen LogP contribution >= 0.6 is 0 Å². The van der Waals surface area contributed by atoms with Crippen LogP contribution in [-0.4, -0.2) is 39.7 Å². The first-order chi connectivity index (χ1) is 10.0. The van der Waals surface area contributed by atoms with Crippen LogP contribution in [0.15, 0.2) is 24.3 Å². The maximum atomic E-state index is 12.2. The monoisotopic (exact) mass is 311 g/mol. The summed E-state index contributed by atoms with van der Waals surface area (Å²) in [4.78, 5) is 12.2. The van der Waals surface area contributed by atoms with Gasteiger partial charge in [-0.3, -0.25) is 4.79 Å². The molecule has 116 valence electrons. The third kappa shape index (κ3) is 4.26. The van der Waals surface area contributed by atoms with E-state index in [1.807, 2.05) is 24.3 Å². The SMILES string of the molecule is CCNS(=O)(=O)CCNC(=O)C1CNCc2ccccc21. The molecule has 1 heterocycles. The van der Waals surface area contributed by atoms with E-state index in [-0.39, 0.29) is 24.1 Å². The van der Waals surface area contributed by atoms with E-state index in [2.05, 4.69) is 15.4 Å². The highest BCUT2D eigenvalue weighted by atomic mass is 32.2. The molecule has 2 rings (SSSR count). The van der Waals surface area contributed by atoms with Gasteiger partial charge in [0.15, 0.2) is 0 Å². The molecule has 0 radical (unpaired) electrons. The molecular weight excluding hydrogens is 290 g/mol. The molecule has 6 nitrogen and oxygen atoms in total. The van der Waals surface area contributed by atoms with Crippen molar-refractivity contribution in [3.63, 3.8) is 0 Å². The van der Waals surface area contributed by atoms with Crippen molar-refractivity contribution in [2.24, 2.45) is 0 Å². The minimum atomic E-state index is -3.30. The maximum Gasteiger partial charge on any atom is 0.228 e. The number of amides is 1. The summed E-state index contributed by atoms with van der Waals surface area (Å²) in [5, 5.41) is 5.92. The van der Waals surface area contributed by atoms with Crippen LogP contribution in [0.1, 0.15) is 24.0 Å². The Morgan fingerprint density at radius 3 is 2.90 bits per heavy atom. The molecule has 0 bridgehead atoms. The highest BCUT2D eigenvalue weighted by Gasteiger charge is 2.25. The molecule has 7 heteroatoms. The quantitative estimate of drug-likeness (QED) is 0.686. The van der Waals surface area contributed by atoms with Gasteiger partial charge in [0.05, 0.1) is 11.7 Å². The molecule has 0 aliphatic carbocycles. The molecule has 0 saturated carbocycles. The highest BCUT2D eigenvalue weighted by molar-refractivity contribution is 7.89. The molecule has 1 unspecified atom stereocenters. The second-order valence-corrected chi connectivity index (χ2v) is 6.92. The van der Waals surface area contributed by atoms with Crippen molar-refractivity contribution in [2.75, 3.05) is 25.4 Å². The molecule has 3 N–H and O–H groups in total. The Morgan fingerprint density at radius 2 is 2.14 bits per heavy atom. The number of sulfonamides is 1. The van der Waals surface area contributed by atoms with Crippen LogP contribution in [0.25, 0.3) is 0 Å². The van der Waals surface area contributed by atoms with E-state index in [9.17, 15) is 13.2 Å². The molecule has 0 fully saturated rings. The van der Waals surface area contributed by atoms with E-state index < -0.39 is 10.0 Å². The smallest absolute Gasteiger partial charge is 0.228 e. The average Bonchev–Trinajstić information content (AvgIpc) is 2.46. The van der Waals surface area contributed by atoms with E-state index >= 15 is 0 Å². The third-order valence-electron chi connectivity index (χ3n) is 3.45. The van der Waals surface area contributed by atoms with E-state index in [1.165, 1.54) is 0 Å². The van der Waals surface area contributed by atoms with Gasteiger partial charge in [0.2, 0.25) is 15.9 Å². The Kier molecular flexibility index (Phi) is 5.33. The predicted molar refractivity (Wildman–Crippen MR) is 81.4 cm³/mol. The van der Waals surface area contributed by atoms with Gasteiger partial charge in [-0.1, -0.05) is 31.2 Å². The van der Waals surface area contributed by atoms with Crippen molar-refractivity contribution in [3.05, 3.63) is 35.4 Å². The fraction of sp³-hybridized carbons (Fsp3) is 0.500. The zero-order valence-corrected chi connectivity index (χ0v) is 12.9. The summed E-state index contributed by atoms with van der Waals surface area (Å²) in [6, 6.07) is 7.82. The summed E-state index contributed by atoms with van der Waals surface area (Å²) in [6.45, 7) is 3.53. The van der Waals surface area contributed by atoms with Crippen molar-refractivity contribution >= 4 is 15.9 Å². The van der Waals surface area contributed by atoms with Gasteiger partial charge in [0.25, 0.3) is 0 Å². The first-order valence-corrected chi connectivity index (χ1v) is 8.72. The number of nitrogens with one attached hydrogen (secondary N) is 3. The standard InChI is InChI=1S/C14H21N3O3S/c1-2-17-21(19,20)8-7-16-14(18)13-10-15-9-11-5-3-4-6-12(11)13/h3-6,13,15,17H,2,7-10H2,1H3,(H,16,18). The molecule has 1 atom stereocenters. The molecule has 0 aromatic heterocycles. The average molecular weight is 311 g/mol. The Bertz CT molecular complexity index is 601. The van der Waals surface area contributed by atoms with Crippen molar-refractivity contribution in [1.82, 2.24) is 15.4 Å². The summed E-state index contributed by atoms with van der Waals surface area (Å²) in [5.41, 5.74) is 2.13. The minimum absolute atomic E-state index is 0.103.